The molecule has 0 bridgehead atoms. The van der Waals surface area contributed by atoms with Gasteiger partial charge in [-0.05, 0) is 37.6 Å². The molecule has 0 spiro atoms. The van der Waals surface area contributed by atoms with Crippen molar-refractivity contribution in [1.29, 1.82) is 10.5 Å². The van der Waals surface area contributed by atoms with Crippen molar-refractivity contribution in [3.63, 3.8) is 0 Å². The molecule has 96 valence electrons. The fourth-order valence-corrected chi connectivity index (χ4v) is 1.74. The van der Waals surface area contributed by atoms with E-state index >= 15 is 0 Å². The van der Waals surface area contributed by atoms with Crippen molar-refractivity contribution in [2.45, 2.75) is 13.8 Å². The van der Waals surface area contributed by atoms with Gasteiger partial charge in [0.25, 0.3) is 0 Å². The van der Waals surface area contributed by atoms with Crippen molar-refractivity contribution < 1.29 is 0 Å². The average Bonchev–Trinajstić information content (AvgIpc) is 2.46. The number of benzene rings is 1. The summed E-state index contributed by atoms with van der Waals surface area (Å²) in [6.45, 7) is 6.24. The minimum atomic E-state index is 0.107. The standard InChI is InChI=1S/C16H17N3/c1-3-19(4-2)16-10-8-14(9-11-16)6-5-7-15(12-17)13-18/h5-11H,3-4H2,1-2H3/b6-5+. The Morgan fingerprint density at radius 1 is 1.11 bits per heavy atom. The third-order valence-corrected chi connectivity index (χ3v) is 2.81. The summed E-state index contributed by atoms with van der Waals surface area (Å²) >= 11 is 0. The zero-order chi connectivity index (χ0) is 14.1. The van der Waals surface area contributed by atoms with E-state index in [2.05, 4.69) is 30.9 Å². The largest absolute Gasteiger partial charge is 0.372 e. The molecule has 0 aliphatic heterocycles. The zero-order valence-electron chi connectivity index (χ0n) is 11.3. The molecule has 3 nitrogen and oxygen atoms in total. The fourth-order valence-electron chi connectivity index (χ4n) is 1.74. The number of anilines is 1. The van der Waals surface area contributed by atoms with Crippen LogP contribution in [0.3, 0.4) is 0 Å². The van der Waals surface area contributed by atoms with Crippen molar-refractivity contribution in [3.8, 4) is 12.1 Å². The van der Waals surface area contributed by atoms with Gasteiger partial charge >= 0.3 is 0 Å². The van der Waals surface area contributed by atoms with Crippen molar-refractivity contribution in [2.75, 3.05) is 18.0 Å². The lowest BCUT2D eigenvalue weighted by molar-refractivity contribution is 0.866. The van der Waals surface area contributed by atoms with Crippen molar-refractivity contribution in [2.24, 2.45) is 0 Å². The van der Waals surface area contributed by atoms with Gasteiger partial charge in [-0.15, -0.1) is 0 Å². The summed E-state index contributed by atoms with van der Waals surface area (Å²) in [5.74, 6) is 0. The molecule has 0 aliphatic carbocycles. The quantitative estimate of drug-likeness (QED) is 0.594. The molecule has 0 atom stereocenters. The molecule has 3 heteroatoms. The van der Waals surface area contributed by atoms with E-state index in [0.717, 1.165) is 18.7 Å². The maximum atomic E-state index is 8.59. The highest BCUT2D eigenvalue weighted by molar-refractivity contribution is 5.57. The van der Waals surface area contributed by atoms with Gasteiger partial charge in [0.1, 0.15) is 17.7 Å². The van der Waals surface area contributed by atoms with Gasteiger partial charge in [-0.25, -0.2) is 0 Å². The lowest BCUT2D eigenvalue weighted by Crippen LogP contribution is -2.21. The van der Waals surface area contributed by atoms with Crippen LogP contribution in [0, 0.1) is 22.7 Å². The van der Waals surface area contributed by atoms with Crippen LogP contribution in [-0.4, -0.2) is 13.1 Å². The van der Waals surface area contributed by atoms with Crippen LogP contribution in [0.2, 0.25) is 0 Å². The first-order valence-electron chi connectivity index (χ1n) is 6.28. The molecule has 0 aliphatic rings. The highest BCUT2D eigenvalue weighted by atomic mass is 15.1. The van der Waals surface area contributed by atoms with Crippen LogP contribution in [0.15, 0.2) is 42.0 Å². The molecule has 0 radical (unpaired) electrons. The molecular formula is C16H17N3. The first kappa shape index (κ1) is 14.5. The second kappa shape index (κ2) is 7.74. The maximum absolute atomic E-state index is 8.59. The topological polar surface area (TPSA) is 50.8 Å². The van der Waals surface area contributed by atoms with Gasteiger partial charge in [0, 0.05) is 18.8 Å². The Morgan fingerprint density at radius 2 is 1.68 bits per heavy atom. The third kappa shape index (κ3) is 4.33. The van der Waals surface area contributed by atoms with E-state index < -0.39 is 0 Å². The minimum Gasteiger partial charge on any atom is -0.372 e. The fraction of sp³-hybridized carbons (Fsp3) is 0.250. The van der Waals surface area contributed by atoms with Crippen molar-refractivity contribution in [3.05, 3.63) is 47.6 Å². The van der Waals surface area contributed by atoms with E-state index in [1.165, 1.54) is 11.8 Å². The van der Waals surface area contributed by atoms with E-state index in [4.69, 9.17) is 10.5 Å². The van der Waals surface area contributed by atoms with E-state index in [1.54, 1.807) is 6.08 Å². The molecule has 0 aromatic heterocycles. The third-order valence-electron chi connectivity index (χ3n) is 2.81. The lowest BCUT2D eigenvalue weighted by atomic mass is 10.1. The Labute approximate surface area is 114 Å². The van der Waals surface area contributed by atoms with Crippen molar-refractivity contribution >= 4 is 11.8 Å². The normalized spacial score (nSPS) is 9.68. The first-order valence-corrected chi connectivity index (χ1v) is 6.28. The number of hydrogen-bond acceptors (Lipinski definition) is 3. The number of nitriles is 2. The van der Waals surface area contributed by atoms with Crippen LogP contribution in [0.25, 0.3) is 6.08 Å². The van der Waals surface area contributed by atoms with Gasteiger partial charge in [-0.2, -0.15) is 10.5 Å². The van der Waals surface area contributed by atoms with Crippen LogP contribution >= 0.6 is 0 Å². The van der Waals surface area contributed by atoms with Crippen LogP contribution < -0.4 is 4.90 Å². The molecule has 1 aromatic carbocycles. The molecule has 0 heterocycles. The molecule has 0 saturated heterocycles. The Balaban J connectivity index is 2.79. The van der Waals surface area contributed by atoms with Gasteiger partial charge in [-0.3, -0.25) is 0 Å². The second-order valence-electron chi connectivity index (χ2n) is 3.93. The highest BCUT2D eigenvalue weighted by Crippen LogP contribution is 2.15. The predicted molar refractivity (Wildman–Crippen MR) is 78.3 cm³/mol. The molecule has 0 N–H and O–H groups in total. The van der Waals surface area contributed by atoms with Gasteiger partial charge in [0.15, 0.2) is 0 Å². The van der Waals surface area contributed by atoms with Gasteiger partial charge < -0.3 is 4.90 Å². The smallest absolute Gasteiger partial charge is 0.129 e. The van der Waals surface area contributed by atoms with Crippen LogP contribution in [-0.2, 0) is 0 Å². The SMILES string of the molecule is CCN(CC)c1ccc(/C=C/C=C(C#N)C#N)cc1. The number of rotatable bonds is 5. The summed E-state index contributed by atoms with van der Waals surface area (Å²) in [7, 11) is 0. The van der Waals surface area contributed by atoms with Crippen molar-refractivity contribution in [1.82, 2.24) is 0 Å². The summed E-state index contributed by atoms with van der Waals surface area (Å²) in [4.78, 5) is 2.27. The van der Waals surface area contributed by atoms with E-state index in [1.807, 2.05) is 30.3 Å². The van der Waals surface area contributed by atoms with E-state index in [9.17, 15) is 0 Å². The molecule has 0 saturated carbocycles. The Hall–Kier alpha value is -2.52. The molecular weight excluding hydrogens is 234 g/mol. The van der Waals surface area contributed by atoms with Gasteiger partial charge in [0.2, 0.25) is 0 Å². The average molecular weight is 251 g/mol. The number of hydrogen-bond donors (Lipinski definition) is 0. The van der Waals surface area contributed by atoms with Crippen LogP contribution in [0.5, 0.6) is 0 Å². The number of nitrogens with zero attached hydrogens (tertiary/aromatic N) is 3. The summed E-state index contributed by atoms with van der Waals surface area (Å²) in [5, 5.41) is 17.2. The monoisotopic (exact) mass is 251 g/mol. The molecule has 19 heavy (non-hydrogen) atoms. The molecule has 1 aromatic rings. The molecule has 0 unspecified atom stereocenters. The number of allylic oxidation sites excluding steroid dienone is 3. The summed E-state index contributed by atoms with van der Waals surface area (Å²) < 4.78 is 0. The molecule has 0 fully saturated rings. The summed E-state index contributed by atoms with van der Waals surface area (Å²) in [6, 6.07) is 11.8. The summed E-state index contributed by atoms with van der Waals surface area (Å²) in [6.07, 6.45) is 5.10. The van der Waals surface area contributed by atoms with Gasteiger partial charge in [0.05, 0.1) is 0 Å². The first-order chi connectivity index (χ1) is 9.24. The van der Waals surface area contributed by atoms with Gasteiger partial charge in [-0.1, -0.05) is 24.3 Å². The predicted octanol–water partition coefficient (Wildman–Crippen LogP) is 3.52. The highest BCUT2D eigenvalue weighted by Gasteiger charge is 1.99. The second-order valence-corrected chi connectivity index (χ2v) is 3.93. The Bertz CT molecular complexity index is 519. The maximum Gasteiger partial charge on any atom is 0.129 e. The molecule has 0 amide bonds. The Kier molecular flexibility index (Phi) is 5.92. The minimum absolute atomic E-state index is 0.107. The lowest BCUT2D eigenvalue weighted by Gasteiger charge is -2.20. The summed E-state index contributed by atoms with van der Waals surface area (Å²) in [5.41, 5.74) is 2.35. The Morgan fingerprint density at radius 3 is 2.16 bits per heavy atom. The van der Waals surface area contributed by atoms with E-state index in [0.29, 0.717) is 0 Å². The van der Waals surface area contributed by atoms with Crippen LogP contribution in [0.1, 0.15) is 19.4 Å². The molecule has 1 rings (SSSR count). The van der Waals surface area contributed by atoms with E-state index in [-0.39, 0.29) is 5.57 Å². The van der Waals surface area contributed by atoms with Crippen LogP contribution in [0.4, 0.5) is 5.69 Å². The zero-order valence-corrected chi connectivity index (χ0v) is 11.3.